The van der Waals surface area contributed by atoms with Crippen LogP contribution in [-0.4, -0.2) is 48.0 Å². The predicted molar refractivity (Wildman–Crippen MR) is 80.1 cm³/mol. The molecule has 0 heterocycles. The van der Waals surface area contributed by atoms with E-state index in [4.69, 9.17) is 0 Å². The van der Waals surface area contributed by atoms with Crippen molar-refractivity contribution in [1.82, 2.24) is 9.80 Å². The van der Waals surface area contributed by atoms with E-state index in [0.717, 1.165) is 23.0 Å². The Labute approximate surface area is 123 Å². The lowest BCUT2D eigenvalue weighted by Gasteiger charge is -2.23. The van der Waals surface area contributed by atoms with E-state index >= 15 is 0 Å². The Kier molecular flexibility index (Phi) is 6.31. The average Bonchev–Trinajstić information content (AvgIpc) is 2.34. The number of phenolic OH excluding ortho intramolecular Hbond substituents is 1. The minimum absolute atomic E-state index is 0.0877. The number of halogens is 1. The first-order valence-electron chi connectivity index (χ1n) is 6.34. The van der Waals surface area contributed by atoms with Gasteiger partial charge in [0.05, 0.1) is 6.54 Å². The van der Waals surface area contributed by atoms with Gasteiger partial charge in [0, 0.05) is 25.1 Å². The number of hydrogen-bond acceptors (Lipinski definition) is 3. The highest BCUT2D eigenvalue weighted by atomic mass is 79.9. The fourth-order valence-electron chi connectivity index (χ4n) is 1.79. The summed E-state index contributed by atoms with van der Waals surface area (Å²) in [7, 11) is 3.52. The van der Waals surface area contributed by atoms with Crippen molar-refractivity contribution in [3.8, 4) is 5.75 Å². The van der Waals surface area contributed by atoms with Gasteiger partial charge in [-0.2, -0.15) is 0 Å². The third kappa shape index (κ3) is 5.20. The number of carbonyl (C=O) groups is 1. The summed E-state index contributed by atoms with van der Waals surface area (Å²) in [5.41, 5.74) is 0.986. The van der Waals surface area contributed by atoms with E-state index in [9.17, 15) is 9.90 Å². The smallest absolute Gasteiger partial charge is 0.236 e. The Morgan fingerprint density at radius 2 is 2.05 bits per heavy atom. The second-order valence-electron chi connectivity index (χ2n) is 4.77. The van der Waals surface area contributed by atoms with Gasteiger partial charge in [-0.1, -0.05) is 22.9 Å². The third-order valence-corrected chi connectivity index (χ3v) is 3.59. The molecular weight excluding hydrogens is 308 g/mol. The van der Waals surface area contributed by atoms with E-state index in [1.165, 1.54) is 0 Å². The Bertz CT molecular complexity index is 435. The Morgan fingerprint density at radius 3 is 2.63 bits per heavy atom. The molecule has 0 fully saturated rings. The van der Waals surface area contributed by atoms with Crippen molar-refractivity contribution in [3.63, 3.8) is 0 Å². The van der Waals surface area contributed by atoms with Gasteiger partial charge < -0.3 is 10.0 Å². The number of likely N-dealkylation sites (N-methyl/N-ethyl adjacent to an activating group) is 1. The Morgan fingerprint density at radius 1 is 1.37 bits per heavy atom. The first kappa shape index (κ1) is 16.0. The maximum Gasteiger partial charge on any atom is 0.236 e. The van der Waals surface area contributed by atoms with Crippen LogP contribution in [0.3, 0.4) is 0 Å². The number of benzene rings is 1. The minimum Gasteiger partial charge on any atom is -0.508 e. The minimum atomic E-state index is 0.0877. The monoisotopic (exact) mass is 328 g/mol. The molecule has 5 heteroatoms. The van der Waals surface area contributed by atoms with Crippen LogP contribution in [0.25, 0.3) is 0 Å². The summed E-state index contributed by atoms with van der Waals surface area (Å²) in [6, 6.07) is 5.19. The topological polar surface area (TPSA) is 43.8 Å². The summed E-state index contributed by atoms with van der Waals surface area (Å²) < 4.78 is 0.948. The number of phenols is 1. The molecule has 1 rings (SSSR count). The van der Waals surface area contributed by atoms with E-state index in [2.05, 4.69) is 27.8 Å². The highest BCUT2D eigenvalue weighted by Crippen LogP contribution is 2.23. The standard InChI is InChI=1S/C14H21BrN2O2/c1-4-7-17(10-14(19)16(2)3)9-11-8-12(18)5-6-13(11)15/h5-6,8,18H,4,7,9-10H2,1-3H3. The summed E-state index contributed by atoms with van der Waals surface area (Å²) >= 11 is 3.47. The normalized spacial score (nSPS) is 10.8. The Hall–Kier alpha value is -1.07. The van der Waals surface area contributed by atoms with Crippen molar-refractivity contribution >= 4 is 21.8 Å². The van der Waals surface area contributed by atoms with Crippen molar-refractivity contribution in [2.24, 2.45) is 0 Å². The molecule has 0 aliphatic rings. The number of carbonyl (C=O) groups excluding carboxylic acids is 1. The molecule has 0 spiro atoms. The number of rotatable bonds is 6. The van der Waals surface area contributed by atoms with Gasteiger partial charge in [0.25, 0.3) is 0 Å². The molecule has 19 heavy (non-hydrogen) atoms. The van der Waals surface area contributed by atoms with E-state index in [0.29, 0.717) is 13.1 Å². The van der Waals surface area contributed by atoms with Crippen LogP contribution < -0.4 is 0 Å². The van der Waals surface area contributed by atoms with Crippen molar-refractivity contribution in [1.29, 1.82) is 0 Å². The lowest BCUT2D eigenvalue weighted by molar-refractivity contribution is -0.130. The van der Waals surface area contributed by atoms with Crippen LogP contribution in [0.4, 0.5) is 0 Å². The van der Waals surface area contributed by atoms with E-state index in [1.54, 1.807) is 31.1 Å². The maximum absolute atomic E-state index is 11.8. The largest absolute Gasteiger partial charge is 0.508 e. The third-order valence-electron chi connectivity index (χ3n) is 2.82. The fourth-order valence-corrected chi connectivity index (χ4v) is 2.16. The molecule has 0 saturated carbocycles. The maximum atomic E-state index is 11.8. The first-order chi connectivity index (χ1) is 8.93. The van der Waals surface area contributed by atoms with Gasteiger partial charge in [-0.3, -0.25) is 9.69 Å². The number of hydrogen-bond donors (Lipinski definition) is 1. The van der Waals surface area contributed by atoms with Crippen LogP contribution in [0.5, 0.6) is 5.75 Å². The van der Waals surface area contributed by atoms with Crippen molar-refractivity contribution in [2.45, 2.75) is 19.9 Å². The van der Waals surface area contributed by atoms with E-state index in [1.807, 2.05) is 6.07 Å². The van der Waals surface area contributed by atoms with Crippen LogP contribution in [0, 0.1) is 0 Å². The predicted octanol–water partition coefficient (Wildman–Crippen LogP) is 2.45. The van der Waals surface area contributed by atoms with Crippen molar-refractivity contribution in [3.05, 3.63) is 28.2 Å². The molecule has 0 aliphatic heterocycles. The molecule has 1 N–H and O–H groups in total. The number of amides is 1. The fraction of sp³-hybridized carbons (Fsp3) is 0.500. The van der Waals surface area contributed by atoms with Crippen LogP contribution in [0.15, 0.2) is 22.7 Å². The van der Waals surface area contributed by atoms with Crippen LogP contribution in [0.1, 0.15) is 18.9 Å². The van der Waals surface area contributed by atoms with Gasteiger partial charge in [0.15, 0.2) is 0 Å². The molecule has 0 aromatic heterocycles. The highest BCUT2D eigenvalue weighted by Gasteiger charge is 2.13. The van der Waals surface area contributed by atoms with Gasteiger partial charge in [0.1, 0.15) is 5.75 Å². The summed E-state index contributed by atoms with van der Waals surface area (Å²) in [6.07, 6.45) is 0.983. The van der Waals surface area contributed by atoms with Gasteiger partial charge in [0.2, 0.25) is 5.91 Å². The molecule has 1 aromatic carbocycles. The quantitative estimate of drug-likeness (QED) is 0.872. The first-order valence-corrected chi connectivity index (χ1v) is 7.13. The molecule has 1 aromatic rings. The van der Waals surface area contributed by atoms with E-state index < -0.39 is 0 Å². The van der Waals surface area contributed by atoms with Gasteiger partial charge in [-0.25, -0.2) is 0 Å². The van der Waals surface area contributed by atoms with Gasteiger partial charge >= 0.3 is 0 Å². The second kappa shape index (κ2) is 7.50. The zero-order valence-corrected chi connectivity index (χ0v) is 13.3. The van der Waals surface area contributed by atoms with Crippen molar-refractivity contribution < 1.29 is 9.90 Å². The van der Waals surface area contributed by atoms with Gasteiger partial charge in [-0.15, -0.1) is 0 Å². The summed E-state index contributed by atoms with van der Waals surface area (Å²) in [5.74, 6) is 0.332. The average molecular weight is 329 g/mol. The Balaban J connectivity index is 2.77. The number of aromatic hydroxyl groups is 1. The molecule has 0 radical (unpaired) electrons. The summed E-state index contributed by atoms with van der Waals surface area (Å²) in [4.78, 5) is 15.5. The zero-order valence-electron chi connectivity index (χ0n) is 11.7. The highest BCUT2D eigenvalue weighted by molar-refractivity contribution is 9.10. The molecule has 0 unspecified atom stereocenters. The lowest BCUT2D eigenvalue weighted by atomic mass is 10.2. The van der Waals surface area contributed by atoms with Crippen LogP contribution in [-0.2, 0) is 11.3 Å². The lowest BCUT2D eigenvalue weighted by Crippen LogP contribution is -2.36. The molecule has 0 atom stereocenters. The second-order valence-corrected chi connectivity index (χ2v) is 5.63. The molecule has 4 nitrogen and oxygen atoms in total. The van der Waals surface area contributed by atoms with Crippen LogP contribution >= 0.6 is 15.9 Å². The van der Waals surface area contributed by atoms with Gasteiger partial charge in [-0.05, 0) is 36.7 Å². The molecule has 1 amide bonds. The van der Waals surface area contributed by atoms with E-state index in [-0.39, 0.29) is 11.7 Å². The zero-order chi connectivity index (χ0) is 14.4. The van der Waals surface area contributed by atoms with Crippen LogP contribution in [0.2, 0.25) is 0 Å². The molecule has 0 saturated heterocycles. The number of nitrogens with zero attached hydrogens (tertiary/aromatic N) is 2. The molecule has 0 bridgehead atoms. The molecule has 106 valence electrons. The summed E-state index contributed by atoms with van der Waals surface area (Å²) in [5, 5.41) is 9.54. The molecule has 0 aliphatic carbocycles. The SMILES string of the molecule is CCCN(CC(=O)N(C)C)Cc1cc(O)ccc1Br. The summed E-state index contributed by atoms with van der Waals surface area (Å²) in [6.45, 7) is 3.97. The molecular formula is C14H21BrN2O2. The van der Waals surface area contributed by atoms with Crippen molar-refractivity contribution in [2.75, 3.05) is 27.2 Å².